The van der Waals surface area contributed by atoms with E-state index in [1.807, 2.05) is 55.5 Å². The van der Waals surface area contributed by atoms with Crippen molar-refractivity contribution < 1.29 is 14.3 Å². The molecule has 4 aromatic rings. The van der Waals surface area contributed by atoms with Crippen LogP contribution < -0.4 is 10.1 Å². The molecule has 7 heteroatoms. The molecule has 0 unspecified atom stereocenters. The molecule has 2 heterocycles. The van der Waals surface area contributed by atoms with E-state index in [1.165, 1.54) is 17.4 Å². The summed E-state index contributed by atoms with van der Waals surface area (Å²) in [5.41, 5.74) is 3.26. The third kappa shape index (κ3) is 5.38. The molecule has 0 radical (unpaired) electrons. The minimum absolute atomic E-state index is 0.225. The molecule has 1 saturated carbocycles. The highest BCUT2D eigenvalue weighted by Crippen LogP contribution is 2.33. The molecule has 2 aromatic heterocycles. The molecular formula is C27H23N3O3S. The van der Waals surface area contributed by atoms with E-state index in [2.05, 4.69) is 15.3 Å². The van der Waals surface area contributed by atoms with Crippen molar-refractivity contribution in [1.82, 2.24) is 9.97 Å². The molecule has 34 heavy (non-hydrogen) atoms. The Morgan fingerprint density at radius 2 is 1.91 bits per heavy atom. The number of ketones is 1. The Labute approximate surface area is 201 Å². The van der Waals surface area contributed by atoms with Crippen molar-refractivity contribution in [1.29, 1.82) is 0 Å². The number of amides is 1. The van der Waals surface area contributed by atoms with E-state index in [0.29, 0.717) is 23.7 Å². The van der Waals surface area contributed by atoms with Crippen molar-refractivity contribution >= 4 is 45.1 Å². The van der Waals surface area contributed by atoms with Crippen molar-refractivity contribution in [2.75, 3.05) is 5.32 Å². The zero-order valence-electron chi connectivity index (χ0n) is 18.7. The molecule has 1 fully saturated rings. The molecule has 1 aliphatic rings. The third-order valence-corrected chi connectivity index (χ3v) is 6.49. The maximum Gasteiger partial charge on any atom is 0.248 e. The standard InChI is InChI=1S/C27H23N3O3S/c1-17-7-11-20(28-24(32)13-8-18-5-3-2-4-6-18)15-23(17)33-25-14-12-21-27(30-25)34-26(29-21)16-22(31)19-9-10-19/h2-8,11-15,19H,9-10,16H2,1H3,(H,28,32)/b13-8+. The number of nitrogens with one attached hydrogen (secondary N) is 1. The number of pyridine rings is 1. The van der Waals surface area contributed by atoms with Crippen LogP contribution in [0.15, 0.2) is 66.7 Å². The van der Waals surface area contributed by atoms with E-state index < -0.39 is 0 Å². The average molecular weight is 470 g/mol. The summed E-state index contributed by atoms with van der Waals surface area (Å²) in [4.78, 5) is 34.3. The summed E-state index contributed by atoms with van der Waals surface area (Å²) < 4.78 is 6.04. The fraction of sp³-hybridized carbons (Fsp3) is 0.185. The zero-order chi connectivity index (χ0) is 23.5. The van der Waals surface area contributed by atoms with Crippen LogP contribution in [-0.2, 0) is 16.0 Å². The van der Waals surface area contributed by atoms with Crippen LogP contribution in [0.5, 0.6) is 11.6 Å². The van der Waals surface area contributed by atoms with Crippen molar-refractivity contribution in [2.45, 2.75) is 26.2 Å². The maximum atomic E-state index is 12.3. The lowest BCUT2D eigenvalue weighted by atomic mass is 10.2. The number of fused-ring (bicyclic) bond motifs is 1. The topological polar surface area (TPSA) is 81.2 Å². The van der Waals surface area contributed by atoms with Crippen LogP contribution in [0.1, 0.15) is 29.0 Å². The number of thiazole rings is 1. The van der Waals surface area contributed by atoms with Gasteiger partial charge >= 0.3 is 0 Å². The summed E-state index contributed by atoms with van der Waals surface area (Å²) in [6.45, 7) is 1.93. The second kappa shape index (κ2) is 9.57. The number of ether oxygens (including phenoxy) is 1. The number of nitrogens with zero attached hydrogens (tertiary/aromatic N) is 2. The van der Waals surface area contributed by atoms with Gasteiger partial charge in [-0.2, -0.15) is 0 Å². The van der Waals surface area contributed by atoms with Gasteiger partial charge in [-0.3, -0.25) is 9.59 Å². The fourth-order valence-corrected chi connectivity index (χ4v) is 4.43. The van der Waals surface area contributed by atoms with Crippen LogP contribution in [0.4, 0.5) is 5.69 Å². The second-order valence-electron chi connectivity index (χ2n) is 8.31. The highest BCUT2D eigenvalue weighted by molar-refractivity contribution is 7.18. The number of carbonyl (C=O) groups is 2. The maximum absolute atomic E-state index is 12.3. The molecule has 1 aliphatic carbocycles. The minimum Gasteiger partial charge on any atom is -0.439 e. The van der Waals surface area contributed by atoms with Gasteiger partial charge in [-0.15, -0.1) is 0 Å². The summed E-state index contributed by atoms with van der Waals surface area (Å²) >= 11 is 1.43. The first-order chi connectivity index (χ1) is 16.5. The van der Waals surface area contributed by atoms with Gasteiger partial charge in [0, 0.05) is 29.8 Å². The molecule has 0 atom stereocenters. The van der Waals surface area contributed by atoms with E-state index in [0.717, 1.165) is 39.3 Å². The van der Waals surface area contributed by atoms with Crippen LogP contribution in [0.3, 0.4) is 0 Å². The number of hydrogen-bond donors (Lipinski definition) is 1. The van der Waals surface area contributed by atoms with Crippen LogP contribution in [-0.4, -0.2) is 21.7 Å². The van der Waals surface area contributed by atoms with Crippen LogP contribution in [0.25, 0.3) is 16.4 Å². The minimum atomic E-state index is -0.226. The summed E-state index contributed by atoms with van der Waals surface area (Å²) in [5, 5.41) is 3.66. The van der Waals surface area contributed by atoms with Crippen molar-refractivity contribution in [3.8, 4) is 11.6 Å². The number of hydrogen-bond acceptors (Lipinski definition) is 6. The van der Waals surface area contributed by atoms with Gasteiger partial charge in [0.1, 0.15) is 26.9 Å². The van der Waals surface area contributed by atoms with E-state index in [9.17, 15) is 9.59 Å². The van der Waals surface area contributed by atoms with Crippen LogP contribution in [0.2, 0.25) is 0 Å². The number of carbonyl (C=O) groups excluding carboxylic acids is 2. The normalized spacial score (nSPS) is 13.3. The van der Waals surface area contributed by atoms with Crippen molar-refractivity contribution in [3.63, 3.8) is 0 Å². The van der Waals surface area contributed by atoms with Gasteiger partial charge in [0.2, 0.25) is 11.8 Å². The SMILES string of the molecule is Cc1ccc(NC(=O)/C=C/c2ccccc2)cc1Oc1ccc2nc(CC(=O)C3CC3)sc2n1. The molecule has 0 bridgehead atoms. The predicted molar refractivity (Wildman–Crippen MR) is 134 cm³/mol. The Hall–Kier alpha value is -3.84. The molecule has 1 N–H and O–H groups in total. The van der Waals surface area contributed by atoms with Gasteiger partial charge in [0.15, 0.2) is 0 Å². The van der Waals surface area contributed by atoms with Gasteiger partial charge in [-0.05, 0) is 49.1 Å². The number of aromatic nitrogens is 2. The molecule has 170 valence electrons. The molecule has 5 rings (SSSR count). The van der Waals surface area contributed by atoms with E-state index >= 15 is 0 Å². The first-order valence-corrected chi connectivity index (χ1v) is 12.0. The summed E-state index contributed by atoms with van der Waals surface area (Å²) in [7, 11) is 0. The molecule has 0 spiro atoms. The summed E-state index contributed by atoms with van der Waals surface area (Å²) in [5.74, 6) is 1.31. The smallest absolute Gasteiger partial charge is 0.248 e. The highest BCUT2D eigenvalue weighted by Gasteiger charge is 2.29. The summed E-state index contributed by atoms with van der Waals surface area (Å²) in [6, 6.07) is 18.8. The Morgan fingerprint density at radius 3 is 2.71 bits per heavy atom. The molecular weight excluding hydrogens is 446 g/mol. The predicted octanol–water partition coefficient (Wildman–Crippen LogP) is 5.97. The highest BCUT2D eigenvalue weighted by atomic mass is 32.1. The first-order valence-electron chi connectivity index (χ1n) is 11.2. The third-order valence-electron chi connectivity index (χ3n) is 5.53. The lowest BCUT2D eigenvalue weighted by Gasteiger charge is -2.10. The molecule has 1 amide bonds. The van der Waals surface area contributed by atoms with Gasteiger partial charge < -0.3 is 10.1 Å². The van der Waals surface area contributed by atoms with E-state index in [-0.39, 0.29) is 17.6 Å². The number of aryl methyl sites for hydroxylation is 1. The molecule has 2 aromatic carbocycles. The zero-order valence-corrected chi connectivity index (χ0v) is 19.5. The van der Waals surface area contributed by atoms with Crippen LogP contribution >= 0.6 is 11.3 Å². The Kier molecular flexibility index (Phi) is 6.18. The molecule has 6 nitrogen and oxygen atoms in total. The lowest BCUT2D eigenvalue weighted by molar-refractivity contribution is -0.119. The molecule has 0 saturated heterocycles. The molecule has 0 aliphatic heterocycles. The Bertz CT molecular complexity index is 1390. The Morgan fingerprint density at radius 1 is 1.09 bits per heavy atom. The largest absolute Gasteiger partial charge is 0.439 e. The van der Waals surface area contributed by atoms with Crippen molar-refractivity contribution in [3.05, 3.63) is 82.9 Å². The number of anilines is 1. The van der Waals surface area contributed by atoms with Gasteiger partial charge in [0.05, 0.1) is 6.42 Å². The average Bonchev–Trinajstić information content (AvgIpc) is 3.61. The van der Waals surface area contributed by atoms with E-state index in [1.54, 1.807) is 18.2 Å². The number of Topliss-reactive ketones (excluding diaryl/α,β-unsaturated/α-hetero) is 1. The van der Waals surface area contributed by atoms with Gasteiger partial charge in [0.25, 0.3) is 0 Å². The van der Waals surface area contributed by atoms with Crippen molar-refractivity contribution in [2.24, 2.45) is 5.92 Å². The fourth-order valence-electron chi connectivity index (χ4n) is 3.50. The Balaban J connectivity index is 1.28. The van der Waals surface area contributed by atoms with Gasteiger partial charge in [-0.25, -0.2) is 9.97 Å². The second-order valence-corrected chi connectivity index (χ2v) is 9.38. The lowest BCUT2D eigenvalue weighted by Crippen LogP contribution is -2.07. The van der Waals surface area contributed by atoms with E-state index in [4.69, 9.17) is 4.74 Å². The van der Waals surface area contributed by atoms with Gasteiger partial charge in [-0.1, -0.05) is 47.7 Å². The number of rotatable bonds is 8. The van der Waals surface area contributed by atoms with Crippen LogP contribution in [0, 0.1) is 12.8 Å². The monoisotopic (exact) mass is 469 g/mol. The first kappa shape index (κ1) is 22.0. The number of benzene rings is 2. The quantitative estimate of drug-likeness (QED) is 0.322. The summed E-state index contributed by atoms with van der Waals surface area (Å²) in [6.07, 6.45) is 5.65.